The molecule has 0 aliphatic heterocycles. The molecule has 0 saturated heterocycles. The second-order valence-corrected chi connectivity index (χ2v) is 8.58. The summed E-state index contributed by atoms with van der Waals surface area (Å²) in [6.07, 6.45) is 5.28. The molecule has 0 spiro atoms. The van der Waals surface area contributed by atoms with Crippen LogP contribution in [-0.4, -0.2) is 33.7 Å². The second-order valence-electron chi connectivity index (χ2n) is 8.58. The molecule has 7 nitrogen and oxygen atoms in total. The average Bonchev–Trinajstić information content (AvgIpc) is 3.17. The molecule has 168 valence electrons. The van der Waals surface area contributed by atoms with Crippen molar-refractivity contribution in [2.24, 2.45) is 0 Å². The Morgan fingerprint density at radius 2 is 1.84 bits per heavy atom. The van der Waals surface area contributed by atoms with Crippen molar-refractivity contribution in [3.8, 4) is 0 Å². The highest BCUT2D eigenvalue weighted by molar-refractivity contribution is 5.90. The van der Waals surface area contributed by atoms with E-state index in [0.717, 1.165) is 27.6 Å². The summed E-state index contributed by atoms with van der Waals surface area (Å²) in [4.78, 5) is 27.3. The zero-order chi connectivity index (χ0) is 23.1. The number of carbonyl (C=O) groups is 2. The number of aromatic amines is 1. The van der Waals surface area contributed by atoms with E-state index in [1.165, 1.54) is 6.08 Å². The van der Waals surface area contributed by atoms with Gasteiger partial charge >= 0.3 is 5.97 Å². The van der Waals surface area contributed by atoms with Gasteiger partial charge in [-0.05, 0) is 49.6 Å². The number of rotatable bonds is 8. The lowest BCUT2D eigenvalue weighted by Gasteiger charge is -2.24. The van der Waals surface area contributed by atoms with Crippen molar-refractivity contribution in [2.75, 3.05) is 0 Å². The van der Waals surface area contributed by atoms with E-state index in [9.17, 15) is 9.59 Å². The summed E-state index contributed by atoms with van der Waals surface area (Å²) in [7, 11) is 0. The van der Waals surface area contributed by atoms with Gasteiger partial charge in [-0.15, -0.1) is 0 Å². The summed E-state index contributed by atoms with van der Waals surface area (Å²) >= 11 is 0. The Morgan fingerprint density at radius 1 is 1.12 bits per heavy atom. The van der Waals surface area contributed by atoms with E-state index in [1.807, 2.05) is 75.5 Å². The molecule has 1 amide bonds. The van der Waals surface area contributed by atoms with Crippen LogP contribution in [0, 0.1) is 0 Å². The fraction of sp³-hybridized carbons (Fsp3) is 0.280. The Kier molecular flexibility index (Phi) is 7.45. The molecular formula is C25H29N3O4. The quantitative estimate of drug-likeness (QED) is 0.187. The highest BCUT2D eigenvalue weighted by Crippen LogP contribution is 2.20. The van der Waals surface area contributed by atoms with Gasteiger partial charge in [-0.25, -0.2) is 5.48 Å². The number of para-hydroxylation sites is 1. The van der Waals surface area contributed by atoms with Gasteiger partial charge in [-0.2, -0.15) is 0 Å². The van der Waals surface area contributed by atoms with E-state index >= 15 is 0 Å². The molecule has 0 unspecified atom stereocenters. The number of nitrogens with one attached hydrogen (secondary N) is 3. The summed E-state index contributed by atoms with van der Waals surface area (Å²) in [6.45, 7) is 6.05. The van der Waals surface area contributed by atoms with E-state index < -0.39 is 17.6 Å². The lowest BCUT2D eigenvalue weighted by molar-refractivity contribution is -0.157. The summed E-state index contributed by atoms with van der Waals surface area (Å²) in [5.74, 6) is -0.884. The van der Waals surface area contributed by atoms with Gasteiger partial charge in [0.25, 0.3) is 5.91 Å². The summed E-state index contributed by atoms with van der Waals surface area (Å²) in [6, 6.07) is 15.0. The molecule has 0 aliphatic rings. The predicted octanol–water partition coefficient (Wildman–Crippen LogP) is 3.73. The van der Waals surface area contributed by atoms with Crippen molar-refractivity contribution in [2.45, 2.75) is 45.4 Å². The fourth-order valence-corrected chi connectivity index (χ4v) is 3.33. The van der Waals surface area contributed by atoms with Gasteiger partial charge in [0.1, 0.15) is 11.6 Å². The van der Waals surface area contributed by atoms with E-state index in [4.69, 9.17) is 9.94 Å². The third-order valence-corrected chi connectivity index (χ3v) is 4.86. The van der Waals surface area contributed by atoms with Crippen molar-refractivity contribution in [1.82, 2.24) is 15.8 Å². The van der Waals surface area contributed by atoms with Gasteiger partial charge in [0.15, 0.2) is 0 Å². The maximum Gasteiger partial charge on any atom is 0.324 e. The number of benzene rings is 2. The molecule has 0 aliphatic carbocycles. The number of H-pyrrole nitrogens is 1. The van der Waals surface area contributed by atoms with Crippen molar-refractivity contribution in [3.63, 3.8) is 0 Å². The third-order valence-electron chi connectivity index (χ3n) is 4.86. The van der Waals surface area contributed by atoms with Crippen LogP contribution < -0.4 is 10.8 Å². The molecule has 2 aromatic carbocycles. The van der Waals surface area contributed by atoms with E-state index in [1.54, 1.807) is 11.6 Å². The Hall–Kier alpha value is -3.42. The smallest absolute Gasteiger partial charge is 0.324 e. The molecule has 1 atom stereocenters. The zero-order valence-corrected chi connectivity index (χ0v) is 18.5. The van der Waals surface area contributed by atoms with Gasteiger partial charge in [-0.1, -0.05) is 42.5 Å². The molecule has 7 heteroatoms. The molecule has 1 heterocycles. The molecule has 3 aromatic rings. The van der Waals surface area contributed by atoms with Crippen LogP contribution in [0.1, 0.15) is 37.5 Å². The van der Waals surface area contributed by atoms with Crippen LogP contribution in [0.3, 0.4) is 0 Å². The number of esters is 1. The molecule has 0 radical (unpaired) electrons. The number of carbonyl (C=O) groups excluding carboxylic acids is 2. The minimum atomic E-state index is -0.590. The van der Waals surface area contributed by atoms with E-state index in [-0.39, 0.29) is 5.97 Å². The fourth-order valence-electron chi connectivity index (χ4n) is 3.33. The molecule has 0 fully saturated rings. The highest BCUT2D eigenvalue weighted by atomic mass is 16.6. The van der Waals surface area contributed by atoms with Gasteiger partial charge < -0.3 is 15.0 Å². The molecule has 32 heavy (non-hydrogen) atoms. The average molecular weight is 436 g/mol. The van der Waals surface area contributed by atoms with Crippen LogP contribution in [0.5, 0.6) is 0 Å². The number of hydrogen-bond donors (Lipinski definition) is 4. The van der Waals surface area contributed by atoms with Crippen LogP contribution in [0.4, 0.5) is 0 Å². The third kappa shape index (κ3) is 6.54. The molecule has 1 aromatic heterocycles. The topological polar surface area (TPSA) is 103 Å². The monoisotopic (exact) mass is 435 g/mol. The van der Waals surface area contributed by atoms with Crippen LogP contribution in [0.25, 0.3) is 17.0 Å². The molecule has 0 saturated carbocycles. The number of ether oxygens (including phenoxy) is 1. The van der Waals surface area contributed by atoms with Crippen molar-refractivity contribution < 1.29 is 19.5 Å². The summed E-state index contributed by atoms with van der Waals surface area (Å²) in [5, 5.41) is 13.0. The lowest BCUT2D eigenvalue weighted by atomic mass is 10.0. The lowest BCUT2D eigenvalue weighted by Crippen LogP contribution is -2.42. The standard InChI is InChI=1S/C25H29N3O4/c1-25(2,3)32-24(30)22(14-19-16-27-21-7-5-4-6-20(19)21)26-15-18-10-8-17(9-11-18)12-13-23(29)28-31/h4-13,16,22,26-27,31H,14-15H2,1-3H3,(H,28,29)/b13-12+/t22-/m0/s1. The van der Waals surface area contributed by atoms with E-state index in [0.29, 0.717) is 13.0 Å². The number of aromatic nitrogens is 1. The van der Waals surface area contributed by atoms with Gasteiger partial charge in [0.05, 0.1) is 0 Å². The molecule has 4 N–H and O–H groups in total. The van der Waals surface area contributed by atoms with Crippen LogP contribution >= 0.6 is 0 Å². The Labute approximate surface area is 187 Å². The Balaban J connectivity index is 1.72. The van der Waals surface area contributed by atoms with E-state index in [2.05, 4.69) is 10.3 Å². The van der Waals surface area contributed by atoms with Crippen LogP contribution in [0.15, 0.2) is 60.8 Å². The Bertz CT molecular complexity index is 1090. The second kappa shape index (κ2) is 10.3. The van der Waals surface area contributed by atoms with Gasteiger partial charge in [0.2, 0.25) is 0 Å². The van der Waals surface area contributed by atoms with Crippen molar-refractivity contribution in [1.29, 1.82) is 0 Å². The molecule has 0 bridgehead atoms. The largest absolute Gasteiger partial charge is 0.459 e. The highest BCUT2D eigenvalue weighted by Gasteiger charge is 2.26. The van der Waals surface area contributed by atoms with Crippen molar-refractivity contribution in [3.05, 3.63) is 77.5 Å². The maximum atomic E-state index is 12.9. The molecule has 3 rings (SSSR count). The summed E-state index contributed by atoms with van der Waals surface area (Å²) in [5.41, 5.74) is 4.86. The van der Waals surface area contributed by atoms with Crippen molar-refractivity contribution >= 4 is 28.9 Å². The first kappa shape index (κ1) is 23.2. The first-order valence-electron chi connectivity index (χ1n) is 10.5. The first-order chi connectivity index (χ1) is 15.2. The SMILES string of the molecule is CC(C)(C)OC(=O)[C@H](Cc1c[nH]c2ccccc12)NCc1ccc(/C=C/C(=O)NO)cc1. The minimum absolute atomic E-state index is 0.294. The number of hydroxylamine groups is 1. The maximum absolute atomic E-state index is 12.9. The minimum Gasteiger partial charge on any atom is -0.459 e. The zero-order valence-electron chi connectivity index (χ0n) is 18.5. The summed E-state index contributed by atoms with van der Waals surface area (Å²) < 4.78 is 5.65. The molecular weight excluding hydrogens is 406 g/mol. The first-order valence-corrected chi connectivity index (χ1v) is 10.5. The Morgan fingerprint density at radius 3 is 2.53 bits per heavy atom. The number of fused-ring (bicyclic) bond motifs is 1. The van der Waals surface area contributed by atoms with Gasteiger partial charge in [0, 0.05) is 36.1 Å². The van der Waals surface area contributed by atoms with Crippen LogP contribution in [0.2, 0.25) is 0 Å². The predicted molar refractivity (Wildman–Crippen MR) is 124 cm³/mol. The van der Waals surface area contributed by atoms with Crippen LogP contribution in [-0.2, 0) is 27.3 Å². The van der Waals surface area contributed by atoms with Gasteiger partial charge in [-0.3, -0.25) is 14.8 Å². The number of hydrogen-bond acceptors (Lipinski definition) is 5. The number of amides is 1. The normalized spacial score (nSPS) is 12.8.